The van der Waals surface area contributed by atoms with Crippen molar-refractivity contribution in [3.05, 3.63) is 50.5 Å². The van der Waals surface area contributed by atoms with Gasteiger partial charge in [-0.05, 0) is 7.05 Å². The predicted octanol–water partition coefficient (Wildman–Crippen LogP) is 0.983. The lowest BCUT2D eigenvalue weighted by Gasteiger charge is -2.14. The van der Waals surface area contributed by atoms with E-state index < -0.39 is 0 Å². The van der Waals surface area contributed by atoms with Crippen LogP contribution in [0.4, 0.5) is 0 Å². The van der Waals surface area contributed by atoms with Crippen molar-refractivity contribution in [1.82, 2.24) is 24.5 Å². The minimum absolute atomic E-state index is 0.224. The number of aromatic nitrogens is 4. The first-order valence-electron chi connectivity index (χ1n) is 6.23. The van der Waals surface area contributed by atoms with Gasteiger partial charge in [0.25, 0.3) is 5.56 Å². The lowest BCUT2D eigenvalue weighted by molar-refractivity contribution is 0.312. The zero-order valence-electron chi connectivity index (χ0n) is 11.3. The largest absolute Gasteiger partial charge is 0.295 e. The molecule has 0 saturated carbocycles. The second-order valence-electron chi connectivity index (χ2n) is 4.70. The molecule has 0 spiro atoms. The second kappa shape index (κ2) is 5.47. The maximum Gasteiger partial charge on any atom is 0.272 e. The normalized spacial score (nSPS) is 11.1. The number of nitriles is 1. The van der Waals surface area contributed by atoms with Crippen LogP contribution in [-0.2, 0) is 13.1 Å². The first-order valence-corrected chi connectivity index (χ1v) is 7.17. The van der Waals surface area contributed by atoms with E-state index in [4.69, 9.17) is 5.26 Å². The van der Waals surface area contributed by atoms with Crippen LogP contribution < -0.4 is 5.56 Å². The molecule has 7 nitrogen and oxygen atoms in total. The van der Waals surface area contributed by atoms with E-state index in [1.165, 1.54) is 16.8 Å². The smallest absolute Gasteiger partial charge is 0.272 e. The van der Waals surface area contributed by atoms with Crippen molar-refractivity contribution in [1.29, 1.82) is 5.26 Å². The molecular formula is C13H12N6OS. The van der Waals surface area contributed by atoms with Crippen molar-refractivity contribution in [2.75, 3.05) is 7.05 Å². The summed E-state index contributed by atoms with van der Waals surface area (Å²) in [4.78, 5) is 22.6. The maximum absolute atomic E-state index is 12.0. The van der Waals surface area contributed by atoms with Crippen LogP contribution in [0.3, 0.4) is 0 Å². The molecule has 0 fully saturated rings. The molecule has 3 aromatic rings. The number of aromatic amines is 1. The van der Waals surface area contributed by atoms with Crippen molar-refractivity contribution < 1.29 is 0 Å². The van der Waals surface area contributed by atoms with Gasteiger partial charge < -0.3 is 0 Å². The Labute approximate surface area is 124 Å². The number of fused-ring (bicyclic) bond motifs is 1. The van der Waals surface area contributed by atoms with Gasteiger partial charge in [0.05, 0.1) is 16.9 Å². The van der Waals surface area contributed by atoms with Crippen molar-refractivity contribution in [3.8, 4) is 6.07 Å². The summed E-state index contributed by atoms with van der Waals surface area (Å²) >= 11 is 1.55. The first kappa shape index (κ1) is 13.5. The summed E-state index contributed by atoms with van der Waals surface area (Å²) in [6.07, 6.45) is 1.48. The quantitative estimate of drug-likeness (QED) is 0.775. The summed E-state index contributed by atoms with van der Waals surface area (Å²) in [6, 6.07) is 3.49. The average Bonchev–Trinajstić information content (AvgIpc) is 3.07. The maximum atomic E-state index is 12.0. The minimum Gasteiger partial charge on any atom is -0.295 e. The summed E-state index contributed by atoms with van der Waals surface area (Å²) in [5.41, 5.74) is 3.91. The van der Waals surface area contributed by atoms with E-state index in [0.29, 0.717) is 30.0 Å². The monoisotopic (exact) mass is 300 g/mol. The number of nitrogens with one attached hydrogen (secondary N) is 1. The molecule has 21 heavy (non-hydrogen) atoms. The fourth-order valence-electron chi connectivity index (χ4n) is 2.12. The fourth-order valence-corrected chi connectivity index (χ4v) is 2.67. The van der Waals surface area contributed by atoms with E-state index in [2.05, 4.69) is 15.1 Å². The molecule has 0 unspecified atom stereocenters. The van der Waals surface area contributed by atoms with Gasteiger partial charge in [-0.15, -0.1) is 11.3 Å². The number of rotatable bonds is 4. The summed E-state index contributed by atoms with van der Waals surface area (Å²) in [5, 5.41) is 13.7. The molecule has 8 heteroatoms. The van der Waals surface area contributed by atoms with Crippen molar-refractivity contribution in [2.45, 2.75) is 13.1 Å². The van der Waals surface area contributed by atoms with Crippen LogP contribution in [0, 0.1) is 11.3 Å². The summed E-state index contributed by atoms with van der Waals surface area (Å²) < 4.78 is 1.27. The number of H-pyrrole nitrogens is 1. The van der Waals surface area contributed by atoms with Crippen LogP contribution in [0.2, 0.25) is 0 Å². The summed E-state index contributed by atoms with van der Waals surface area (Å²) in [5.74, 6) is 0. The van der Waals surface area contributed by atoms with E-state index in [1.807, 2.05) is 23.4 Å². The van der Waals surface area contributed by atoms with Gasteiger partial charge in [0.15, 0.2) is 5.65 Å². The standard InChI is InChI=1S/C13H12N6OS/c1-18(6-11-7-21-8-15-11)5-10-2-12(20)19-13(17-10)9(3-14)4-16-19/h2,4,7-8,16H,5-6H2,1H3. The third-order valence-corrected chi connectivity index (χ3v) is 3.65. The lowest BCUT2D eigenvalue weighted by atomic mass is 10.3. The Morgan fingerprint density at radius 1 is 1.48 bits per heavy atom. The van der Waals surface area contributed by atoms with Gasteiger partial charge in [-0.1, -0.05) is 0 Å². The Kier molecular flexibility index (Phi) is 3.51. The first-order chi connectivity index (χ1) is 10.2. The lowest BCUT2D eigenvalue weighted by Crippen LogP contribution is -2.22. The van der Waals surface area contributed by atoms with Gasteiger partial charge in [0.1, 0.15) is 11.6 Å². The van der Waals surface area contributed by atoms with Gasteiger partial charge in [-0.25, -0.2) is 14.5 Å². The molecule has 0 aliphatic heterocycles. The Morgan fingerprint density at radius 3 is 3.00 bits per heavy atom. The number of hydrogen-bond donors (Lipinski definition) is 1. The molecule has 0 radical (unpaired) electrons. The van der Waals surface area contributed by atoms with Gasteiger partial charge in [-0.3, -0.25) is 14.8 Å². The van der Waals surface area contributed by atoms with Crippen LogP contribution in [0.1, 0.15) is 17.0 Å². The van der Waals surface area contributed by atoms with Crippen LogP contribution >= 0.6 is 11.3 Å². The Morgan fingerprint density at radius 2 is 2.29 bits per heavy atom. The molecule has 0 aromatic carbocycles. The molecule has 1 N–H and O–H groups in total. The third kappa shape index (κ3) is 2.69. The van der Waals surface area contributed by atoms with Gasteiger partial charge in [-0.2, -0.15) is 5.26 Å². The van der Waals surface area contributed by atoms with Crippen molar-refractivity contribution >= 4 is 17.0 Å². The van der Waals surface area contributed by atoms with E-state index in [1.54, 1.807) is 16.8 Å². The van der Waals surface area contributed by atoms with E-state index in [0.717, 1.165) is 5.69 Å². The molecule has 106 valence electrons. The molecule has 0 aliphatic carbocycles. The molecule has 0 amide bonds. The highest BCUT2D eigenvalue weighted by Gasteiger charge is 2.10. The van der Waals surface area contributed by atoms with E-state index in [-0.39, 0.29) is 5.56 Å². The number of hydrogen-bond acceptors (Lipinski definition) is 6. The molecular weight excluding hydrogens is 288 g/mol. The summed E-state index contributed by atoms with van der Waals surface area (Å²) in [6.45, 7) is 1.20. The molecule has 3 aromatic heterocycles. The molecule has 0 aliphatic rings. The zero-order valence-corrected chi connectivity index (χ0v) is 12.1. The molecule has 3 heterocycles. The second-order valence-corrected chi connectivity index (χ2v) is 5.41. The average molecular weight is 300 g/mol. The highest BCUT2D eigenvalue weighted by molar-refractivity contribution is 7.07. The zero-order chi connectivity index (χ0) is 14.8. The van der Waals surface area contributed by atoms with Gasteiger partial charge in [0.2, 0.25) is 0 Å². The minimum atomic E-state index is -0.224. The van der Waals surface area contributed by atoms with Crippen LogP contribution in [0.15, 0.2) is 27.9 Å². The third-order valence-electron chi connectivity index (χ3n) is 3.02. The van der Waals surface area contributed by atoms with Crippen molar-refractivity contribution in [2.24, 2.45) is 0 Å². The molecule has 0 atom stereocenters. The highest BCUT2D eigenvalue weighted by atomic mass is 32.1. The molecule has 3 rings (SSSR count). The number of thiazole rings is 1. The van der Waals surface area contributed by atoms with Crippen LogP contribution in [0.5, 0.6) is 0 Å². The van der Waals surface area contributed by atoms with Crippen molar-refractivity contribution in [3.63, 3.8) is 0 Å². The topological polar surface area (TPSA) is 90.1 Å². The van der Waals surface area contributed by atoms with Gasteiger partial charge in [0, 0.05) is 30.7 Å². The Hall–Kier alpha value is -2.50. The molecule has 0 saturated heterocycles. The highest BCUT2D eigenvalue weighted by Crippen LogP contribution is 2.09. The van der Waals surface area contributed by atoms with Crippen LogP contribution in [-0.4, -0.2) is 31.5 Å². The molecule has 0 bridgehead atoms. The fraction of sp³-hybridized carbons (Fsp3) is 0.231. The SMILES string of the molecule is CN(Cc1cscn1)Cc1cc(=O)n2[nH]cc(C#N)c2n1. The van der Waals surface area contributed by atoms with E-state index in [9.17, 15) is 4.79 Å². The van der Waals surface area contributed by atoms with Crippen LogP contribution in [0.25, 0.3) is 5.65 Å². The van der Waals surface area contributed by atoms with E-state index >= 15 is 0 Å². The summed E-state index contributed by atoms with van der Waals surface area (Å²) in [7, 11) is 1.94. The Balaban J connectivity index is 1.87. The number of nitrogens with zero attached hydrogens (tertiary/aromatic N) is 5. The predicted molar refractivity (Wildman–Crippen MR) is 77.8 cm³/mol. The van der Waals surface area contributed by atoms with Gasteiger partial charge >= 0.3 is 0 Å². The Bertz CT molecular complexity index is 857.